The maximum atomic E-state index is 5.78. The fourth-order valence-corrected chi connectivity index (χ4v) is 1.87. The monoisotopic (exact) mass is 232 g/mol. The number of hydrogen-bond donors (Lipinski definition) is 1. The Morgan fingerprint density at radius 2 is 2.06 bits per heavy atom. The number of nitrogens with zero attached hydrogens (tertiary/aromatic N) is 1. The molecule has 0 aromatic heterocycles. The first-order valence-corrected chi connectivity index (χ1v) is 6.14. The fourth-order valence-electron chi connectivity index (χ4n) is 1.87. The van der Waals surface area contributed by atoms with Gasteiger partial charge in [0.15, 0.2) is 0 Å². The molecule has 0 saturated carbocycles. The van der Waals surface area contributed by atoms with Crippen LogP contribution in [0, 0.1) is 0 Å². The van der Waals surface area contributed by atoms with Crippen LogP contribution >= 0.6 is 0 Å². The highest BCUT2D eigenvalue weighted by molar-refractivity contribution is 5.40. The maximum absolute atomic E-state index is 5.78. The van der Waals surface area contributed by atoms with Crippen LogP contribution in [0.1, 0.15) is 26.3 Å². The van der Waals surface area contributed by atoms with Gasteiger partial charge in [0.2, 0.25) is 0 Å². The normalized spacial score (nSPS) is 11.8. The van der Waals surface area contributed by atoms with Crippen LogP contribution in [0.3, 0.4) is 0 Å². The molecule has 0 unspecified atom stereocenters. The first kappa shape index (κ1) is 13.8. The molecule has 0 saturated heterocycles. The number of benzene rings is 1. The zero-order valence-corrected chi connectivity index (χ0v) is 11.2. The van der Waals surface area contributed by atoms with Crippen LogP contribution in [0.15, 0.2) is 36.9 Å². The van der Waals surface area contributed by atoms with Crippen molar-refractivity contribution in [3.05, 3.63) is 42.5 Å². The van der Waals surface area contributed by atoms with E-state index in [4.69, 9.17) is 5.73 Å². The molecule has 0 bridgehead atoms. The van der Waals surface area contributed by atoms with E-state index in [1.54, 1.807) is 0 Å². The molecule has 2 N–H and O–H groups in total. The van der Waals surface area contributed by atoms with Gasteiger partial charge in [0.25, 0.3) is 0 Å². The molecule has 0 atom stereocenters. The molecule has 1 rings (SSSR count). The summed E-state index contributed by atoms with van der Waals surface area (Å²) in [4.78, 5) is 2.42. The largest absolute Gasteiger partial charge is 0.399 e. The van der Waals surface area contributed by atoms with Gasteiger partial charge in [0.1, 0.15) is 0 Å². The van der Waals surface area contributed by atoms with Gasteiger partial charge in [0, 0.05) is 24.3 Å². The van der Waals surface area contributed by atoms with E-state index in [0.717, 1.165) is 25.2 Å². The van der Waals surface area contributed by atoms with E-state index >= 15 is 0 Å². The number of nitrogens with two attached hydrogens (primary N) is 1. The van der Waals surface area contributed by atoms with E-state index in [1.165, 1.54) is 5.56 Å². The van der Waals surface area contributed by atoms with Crippen LogP contribution in [-0.2, 0) is 6.42 Å². The maximum Gasteiger partial charge on any atom is 0.0316 e. The van der Waals surface area contributed by atoms with Gasteiger partial charge in [-0.15, -0.1) is 6.58 Å². The molecule has 0 radical (unpaired) electrons. The van der Waals surface area contributed by atoms with Gasteiger partial charge in [-0.25, -0.2) is 0 Å². The molecule has 0 fully saturated rings. The number of anilines is 1. The second-order valence-electron chi connectivity index (χ2n) is 5.40. The smallest absolute Gasteiger partial charge is 0.0316 e. The van der Waals surface area contributed by atoms with Crippen LogP contribution in [0.25, 0.3) is 0 Å². The second kappa shape index (κ2) is 5.87. The molecule has 2 nitrogen and oxygen atoms in total. The Morgan fingerprint density at radius 1 is 1.35 bits per heavy atom. The predicted molar refractivity (Wildman–Crippen MR) is 76.1 cm³/mol. The standard InChI is InChI=1S/C15H24N2/c1-5-10-17(15(2,3)4)11-9-13-7-6-8-14(16)12-13/h5-8,12H,1,9-11,16H2,2-4H3. The van der Waals surface area contributed by atoms with Crippen molar-refractivity contribution >= 4 is 5.69 Å². The lowest BCUT2D eigenvalue weighted by atomic mass is 10.0. The van der Waals surface area contributed by atoms with Crippen molar-refractivity contribution in [2.24, 2.45) is 0 Å². The van der Waals surface area contributed by atoms with Crippen molar-refractivity contribution in [3.63, 3.8) is 0 Å². The minimum Gasteiger partial charge on any atom is -0.399 e. The van der Waals surface area contributed by atoms with Gasteiger partial charge in [0.05, 0.1) is 0 Å². The summed E-state index contributed by atoms with van der Waals surface area (Å²) in [6, 6.07) is 8.12. The van der Waals surface area contributed by atoms with E-state index in [-0.39, 0.29) is 5.54 Å². The summed E-state index contributed by atoms with van der Waals surface area (Å²) >= 11 is 0. The first-order chi connectivity index (χ1) is 7.93. The summed E-state index contributed by atoms with van der Waals surface area (Å²) in [7, 11) is 0. The number of rotatable bonds is 5. The van der Waals surface area contributed by atoms with Gasteiger partial charge in [-0.3, -0.25) is 4.90 Å². The van der Waals surface area contributed by atoms with E-state index in [9.17, 15) is 0 Å². The third-order valence-corrected chi connectivity index (χ3v) is 2.92. The molecule has 0 heterocycles. The Labute approximate surface area is 105 Å². The predicted octanol–water partition coefficient (Wildman–Crippen LogP) is 3.10. The fraction of sp³-hybridized carbons (Fsp3) is 0.467. The Hall–Kier alpha value is -1.28. The molecule has 0 aliphatic rings. The Kier molecular flexibility index (Phi) is 4.76. The molecular formula is C15H24N2. The van der Waals surface area contributed by atoms with E-state index in [2.05, 4.69) is 44.4 Å². The highest BCUT2D eigenvalue weighted by Crippen LogP contribution is 2.15. The highest BCUT2D eigenvalue weighted by atomic mass is 15.2. The Balaban J connectivity index is 2.61. The molecule has 0 aliphatic carbocycles. The van der Waals surface area contributed by atoms with Crippen molar-refractivity contribution in [1.82, 2.24) is 4.90 Å². The average molecular weight is 232 g/mol. The number of nitrogen functional groups attached to an aromatic ring is 1. The average Bonchev–Trinajstić information content (AvgIpc) is 2.22. The zero-order valence-electron chi connectivity index (χ0n) is 11.2. The third-order valence-electron chi connectivity index (χ3n) is 2.92. The Morgan fingerprint density at radius 3 is 2.59 bits per heavy atom. The van der Waals surface area contributed by atoms with Crippen LogP contribution in [0.4, 0.5) is 5.69 Å². The molecule has 2 heteroatoms. The van der Waals surface area contributed by atoms with Crippen LogP contribution < -0.4 is 5.73 Å². The van der Waals surface area contributed by atoms with Gasteiger partial charge in [-0.2, -0.15) is 0 Å². The Bertz CT molecular complexity index is 363. The van der Waals surface area contributed by atoms with Crippen molar-refractivity contribution in [2.45, 2.75) is 32.7 Å². The van der Waals surface area contributed by atoms with Crippen LogP contribution in [0.2, 0.25) is 0 Å². The molecule has 1 aromatic rings. The zero-order chi connectivity index (χ0) is 12.9. The molecule has 0 amide bonds. The summed E-state index contributed by atoms with van der Waals surface area (Å²) in [6.07, 6.45) is 2.99. The first-order valence-electron chi connectivity index (χ1n) is 6.14. The van der Waals surface area contributed by atoms with E-state index < -0.39 is 0 Å². The van der Waals surface area contributed by atoms with Gasteiger partial charge in [-0.1, -0.05) is 18.2 Å². The van der Waals surface area contributed by atoms with E-state index in [1.807, 2.05) is 18.2 Å². The minimum absolute atomic E-state index is 0.175. The molecule has 17 heavy (non-hydrogen) atoms. The summed E-state index contributed by atoms with van der Waals surface area (Å²) in [5, 5.41) is 0. The van der Waals surface area contributed by atoms with E-state index in [0.29, 0.717) is 0 Å². The van der Waals surface area contributed by atoms with Crippen LogP contribution in [-0.4, -0.2) is 23.5 Å². The molecule has 1 aromatic carbocycles. The quantitative estimate of drug-likeness (QED) is 0.624. The lowest BCUT2D eigenvalue weighted by Crippen LogP contribution is -2.42. The summed E-state index contributed by atoms with van der Waals surface area (Å²) < 4.78 is 0. The topological polar surface area (TPSA) is 29.3 Å². The van der Waals surface area contributed by atoms with Crippen molar-refractivity contribution in [1.29, 1.82) is 0 Å². The lowest BCUT2D eigenvalue weighted by Gasteiger charge is -2.34. The van der Waals surface area contributed by atoms with Crippen molar-refractivity contribution in [2.75, 3.05) is 18.8 Å². The lowest BCUT2D eigenvalue weighted by molar-refractivity contribution is 0.156. The number of hydrogen-bond acceptors (Lipinski definition) is 2. The summed E-state index contributed by atoms with van der Waals surface area (Å²) in [5.41, 5.74) is 8.09. The molecular weight excluding hydrogens is 208 g/mol. The second-order valence-corrected chi connectivity index (χ2v) is 5.40. The van der Waals surface area contributed by atoms with Crippen molar-refractivity contribution < 1.29 is 0 Å². The van der Waals surface area contributed by atoms with Crippen LogP contribution in [0.5, 0.6) is 0 Å². The van der Waals surface area contributed by atoms with Crippen molar-refractivity contribution in [3.8, 4) is 0 Å². The molecule has 0 spiro atoms. The van der Waals surface area contributed by atoms with Gasteiger partial charge >= 0.3 is 0 Å². The molecule has 0 aliphatic heterocycles. The third kappa shape index (κ3) is 4.61. The highest BCUT2D eigenvalue weighted by Gasteiger charge is 2.19. The summed E-state index contributed by atoms with van der Waals surface area (Å²) in [6.45, 7) is 12.5. The molecule has 94 valence electrons. The SMILES string of the molecule is C=CCN(CCc1cccc(N)c1)C(C)(C)C. The van der Waals surface area contributed by atoms with Gasteiger partial charge in [-0.05, 0) is 44.9 Å². The van der Waals surface area contributed by atoms with Gasteiger partial charge < -0.3 is 5.73 Å². The summed E-state index contributed by atoms with van der Waals surface area (Å²) in [5.74, 6) is 0. The minimum atomic E-state index is 0.175.